The van der Waals surface area contributed by atoms with Crippen LogP contribution in [0.1, 0.15) is 39.0 Å². The standard InChI is InChI=1S/C15H23F2N3O/c1-3-8-18-14-10(16)9-11(17)15(19-14)20(2)12-6-4-5-7-13(12)21/h9,12-13,21H,3-8H2,1-2H3,(H,18,19). The molecule has 0 spiro atoms. The zero-order valence-electron chi connectivity index (χ0n) is 12.6. The van der Waals surface area contributed by atoms with Gasteiger partial charge in [0.2, 0.25) is 0 Å². The van der Waals surface area contributed by atoms with E-state index in [0.717, 1.165) is 31.7 Å². The molecule has 1 aromatic rings. The van der Waals surface area contributed by atoms with Gasteiger partial charge in [-0.15, -0.1) is 0 Å². The molecule has 1 saturated carbocycles. The maximum atomic E-state index is 14.0. The Labute approximate surface area is 124 Å². The number of aromatic nitrogens is 1. The fourth-order valence-corrected chi connectivity index (χ4v) is 2.77. The Morgan fingerprint density at radius 2 is 2.05 bits per heavy atom. The van der Waals surface area contributed by atoms with E-state index in [-0.39, 0.29) is 17.7 Å². The summed E-state index contributed by atoms with van der Waals surface area (Å²) >= 11 is 0. The second-order valence-electron chi connectivity index (χ2n) is 5.58. The van der Waals surface area contributed by atoms with E-state index in [1.54, 1.807) is 11.9 Å². The highest BCUT2D eigenvalue weighted by Crippen LogP contribution is 2.28. The molecule has 0 saturated heterocycles. The normalized spacial score (nSPS) is 22.1. The predicted octanol–water partition coefficient (Wildman–Crippen LogP) is 2.92. The van der Waals surface area contributed by atoms with Crippen LogP contribution in [0.25, 0.3) is 0 Å². The van der Waals surface area contributed by atoms with Gasteiger partial charge < -0.3 is 15.3 Å². The van der Waals surface area contributed by atoms with Crippen LogP contribution in [0.15, 0.2) is 6.07 Å². The highest BCUT2D eigenvalue weighted by Gasteiger charge is 2.29. The molecule has 21 heavy (non-hydrogen) atoms. The molecule has 2 atom stereocenters. The Morgan fingerprint density at radius 3 is 2.71 bits per heavy atom. The van der Waals surface area contributed by atoms with Crippen molar-refractivity contribution in [2.24, 2.45) is 0 Å². The molecule has 2 rings (SSSR count). The van der Waals surface area contributed by atoms with Crippen molar-refractivity contribution >= 4 is 11.6 Å². The zero-order valence-corrected chi connectivity index (χ0v) is 12.6. The van der Waals surface area contributed by atoms with Gasteiger partial charge in [0.15, 0.2) is 23.3 Å². The molecule has 1 aromatic heterocycles. The summed E-state index contributed by atoms with van der Waals surface area (Å²) in [7, 11) is 1.70. The van der Waals surface area contributed by atoms with Crippen molar-refractivity contribution in [2.45, 2.75) is 51.2 Å². The van der Waals surface area contributed by atoms with Crippen LogP contribution in [0.4, 0.5) is 20.4 Å². The van der Waals surface area contributed by atoms with E-state index in [9.17, 15) is 13.9 Å². The van der Waals surface area contributed by atoms with Crippen LogP contribution in [0.5, 0.6) is 0 Å². The number of nitrogens with zero attached hydrogens (tertiary/aromatic N) is 2. The van der Waals surface area contributed by atoms with Crippen molar-refractivity contribution in [1.82, 2.24) is 4.98 Å². The third kappa shape index (κ3) is 3.61. The number of nitrogens with one attached hydrogen (secondary N) is 1. The predicted molar refractivity (Wildman–Crippen MR) is 79.6 cm³/mol. The fraction of sp³-hybridized carbons (Fsp3) is 0.667. The molecule has 2 N–H and O–H groups in total. The molecule has 6 heteroatoms. The minimum atomic E-state index is -0.699. The molecule has 0 aromatic carbocycles. The summed E-state index contributed by atoms with van der Waals surface area (Å²) in [5, 5.41) is 12.9. The van der Waals surface area contributed by atoms with Gasteiger partial charge in [-0.1, -0.05) is 19.8 Å². The lowest BCUT2D eigenvalue weighted by molar-refractivity contribution is 0.105. The third-order valence-electron chi connectivity index (χ3n) is 3.98. The van der Waals surface area contributed by atoms with Crippen LogP contribution in [0.3, 0.4) is 0 Å². The largest absolute Gasteiger partial charge is 0.391 e. The van der Waals surface area contributed by atoms with Gasteiger partial charge in [-0.3, -0.25) is 0 Å². The maximum Gasteiger partial charge on any atom is 0.168 e. The quantitative estimate of drug-likeness (QED) is 0.877. The number of aliphatic hydroxyl groups is 1. The average Bonchev–Trinajstić information content (AvgIpc) is 2.46. The van der Waals surface area contributed by atoms with E-state index in [0.29, 0.717) is 13.0 Å². The number of aliphatic hydroxyl groups excluding tert-OH is 1. The summed E-state index contributed by atoms with van der Waals surface area (Å²) < 4.78 is 27.7. The van der Waals surface area contributed by atoms with E-state index >= 15 is 0 Å². The van der Waals surface area contributed by atoms with Crippen LogP contribution >= 0.6 is 0 Å². The molecule has 2 unspecified atom stereocenters. The van der Waals surface area contributed by atoms with Gasteiger partial charge in [0, 0.05) is 19.7 Å². The lowest BCUT2D eigenvalue weighted by Crippen LogP contribution is -2.44. The highest BCUT2D eigenvalue weighted by molar-refractivity contribution is 5.49. The minimum Gasteiger partial charge on any atom is -0.391 e. The van der Waals surface area contributed by atoms with E-state index in [1.165, 1.54) is 0 Å². The van der Waals surface area contributed by atoms with E-state index in [2.05, 4.69) is 10.3 Å². The number of halogens is 2. The number of anilines is 2. The molecular formula is C15H23F2N3O. The van der Waals surface area contributed by atoms with Gasteiger partial charge in [-0.2, -0.15) is 0 Å². The summed E-state index contributed by atoms with van der Waals surface area (Å²) in [6.45, 7) is 2.53. The van der Waals surface area contributed by atoms with Gasteiger partial charge in [0.05, 0.1) is 12.1 Å². The van der Waals surface area contributed by atoms with Crippen LogP contribution in [0, 0.1) is 11.6 Å². The average molecular weight is 299 g/mol. The first-order valence-corrected chi connectivity index (χ1v) is 7.55. The fourth-order valence-electron chi connectivity index (χ4n) is 2.77. The van der Waals surface area contributed by atoms with Crippen molar-refractivity contribution in [1.29, 1.82) is 0 Å². The molecule has 0 bridgehead atoms. The molecule has 1 aliphatic rings. The molecule has 0 aliphatic heterocycles. The highest BCUT2D eigenvalue weighted by atomic mass is 19.1. The third-order valence-corrected chi connectivity index (χ3v) is 3.98. The Morgan fingerprint density at radius 1 is 1.33 bits per heavy atom. The van der Waals surface area contributed by atoms with Crippen LogP contribution in [-0.2, 0) is 0 Å². The van der Waals surface area contributed by atoms with Crippen molar-refractivity contribution in [3.63, 3.8) is 0 Å². The van der Waals surface area contributed by atoms with Crippen molar-refractivity contribution in [2.75, 3.05) is 23.8 Å². The number of likely N-dealkylation sites (N-methyl/N-ethyl adjacent to an activating group) is 1. The maximum absolute atomic E-state index is 14.0. The summed E-state index contributed by atoms with van der Waals surface area (Å²) in [6, 6.07) is 0.678. The second kappa shape index (κ2) is 7.02. The zero-order chi connectivity index (χ0) is 15.4. The van der Waals surface area contributed by atoms with Crippen LogP contribution < -0.4 is 10.2 Å². The number of rotatable bonds is 5. The molecule has 1 aliphatic carbocycles. The van der Waals surface area contributed by atoms with Crippen molar-refractivity contribution in [3.05, 3.63) is 17.7 Å². The Bertz CT molecular complexity index is 484. The van der Waals surface area contributed by atoms with Gasteiger partial charge in [-0.05, 0) is 19.3 Å². The van der Waals surface area contributed by atoms with Gasteiger partial charge >= 0.3 is 0 Å². The summed E-state index contributed by atoms with van der Waals surface area (Å²) in [4.78, 5) is 5.71. The number of hydrogen-bond acceptors (Lipinski definition) is 4. The van der Waals surface area contributed by atoms with E-state index in [1.807, 2.05) is 6.92 Å². The van der Waals surface area contributed by atoms with Crippen LogP contribution in [-0.4, -0.2) is 35.8 Å². The minimum absolute atomic E-state index is 0.0606. The SMILES string of the molecule is CCCNc1nc(N(C)C2CCCCC2O)c(F)cc1F. The van der Waals surface area contributed by atoms with E-state index < -0.39 is 17.7 Å². The first-order chi connectivity index (χ1) is 10.0. The molecule has 0 radical (unpaired) electrons. The Balaban J connectivity index is 2.24. The first kappa shape index (κ1) is 15.9. The molecule has 1 heterocycles. The molecular weight excluding hydrogens is 276 g/mol. The lowest BCUT2D eigenvalue weighted by atomic mass is 9.91. The summed E-state index contributed by atoms with van der Waals surface area (Å²) in [6.07, 6.45) is 3.80. The van der Waals surface area contributed by atoms with E-state index in [4.69, 9.17) is 0 Å². The van der Waals surface area contributed by atoms with Crippen molar-refractivity contribution in [3.8, 4) is 0 Å². The van der Waals surface area contributed by atoms with Gasteiger partial charge in [0.25, 0.3) is 0 Å². The number of hydrogen-bond donors (Lipinski definition) is 2. The van der Waals surface area contributed by atoms with Crippen molar-refractivity contribution < 1.29 is 13.9 Å². The first-order valence-electron chi connectivity index (χ1n) is 7.55. The van der Waals surface area contributed by atoms with Gasteiger partial charge in [0.1, 0.15) is 0 Å². The second-order valence-corrected chi connectivity index (χ2v) is 5.58. The Hall–Kier alpha value is -1.43. The smallest absolute Gasteiger partial charge is 0.168 e. The summed E-state index contributed by atoms with van der Waals surface area (Å²) in [5.74, 6) is -1.25. The molecule has 4 nitrogen and oxygen atoms in total. The molecule has 0 amide bonds. The molecule has 1 fully saturated rings. The van der Waals surface area contributed by atoms with Gasteiger partial charge in [-0.25, -0.2) is 13.8 Å². The lowest BCUT2D eigenvalue weighted by Gasteiger charge is -2.36. The monoisotopic (exact) mass is 299 g/mol. The summed E-state index contributed by atoms with van der Waals surface area (Å²) in [5.41, 5.74) is 0. The topological polar surface area (TPSA) is 48.4 Å². The number of pyridine rings is 1. The van der Waals surface area contributed by atoms with Crippen LogP contribution in [0.2, 0.25) is 0 Å². The Kier molecular flexibility index (Phi) is 5.33. The molecule has 118 valence electrons.